The van der Waals surface area contributed by atoms with Crippen LogP contribution >= 0.6 is 0 Å². The van der Waals surface area contributed by atoms with Gasteiger partial charge < -0.3 is 10.6 Å². The molecule has 3 rings (SSSR count). The second-order valence-corrected chi connectivity index (χ2v) is 5.04. The number of carbonyl (C=O) groups is 1. The first-order valence-corrected chi connectivity index (χ1v) is 6.83. The maximum absolute atomic E-state index is 12.6. The standard InChI is InChI=1S/C16H17N3O/c17-13-8-9-14(18-11-13)16(20)19-10-4-7-15(19)12-5-2-1-3-6-12/h1-3,5-6,8-9,11,15H,4,7,10,17H2. The number of amides is 1. The molecule has 2 heterocycles. The number of hydrogen-bond acceptors (Lipinski definition) is 3. The molecule has 20 heavy (non-hydrogen) atoms. The fourth-order valence-electron chi connectivity index (χ4n) is 2.71. The second-order valence-electron chi connectivity index (χ2n) is 5.04. The van der Waals surface area contributed by atoms with E-state index in [1.807, 2.05) is 23.1 Å². The van der Waals surface area contributed by atoms with Crippen LogP contribution in [0.5, 0.6) is 0 Å². The zero-order valence-corrected chi connectivity index (χ0v) is 11.2. The van der Waals surface area contributed by atoms with Gasteiger partial charge in [-0.25, -0.2) is 4.98 Å². The summed E-state index contributed by atoms with van der Waals surface area (Å²) in [5.74, 6) is -0.0173. The van der Waals surface area contributed by atoms with Crippen LogP contribution in [0.4, 0.5) is 5.69 Å². The largest absolute Gasteiger partial charge is 0.397 e. The number of nitrogens with two attached hydrogens (primary N) is 1. The summed E-state index contributed by atoms with van der Waals surface area (Å²) in [6, 6.07) is 13.7. The third kappa shape index (κ3) is 2.37. The van der Waals surface area contributed by atoms with Gasteiger partial charge in [0.05, 0.1) is 17.9 Å². The van der Waals surface area contributed by atoms with Crippen LogP contribution in [0.15, 0.2) is 48.7 Å². The number of likely N-dealkylation sites (tertiary alicyclic amines) is 1. The molecule has 0 aliphatic carbocycles. The summed E-state index contributed by atoms with van der Waals surface area (Å²) < 4.78 is 0. The third-order valence-corrected chi connectivity index (χ3v) is 3.70. The highest BCUT2D eigenvalue weighted by molar-refractivity contribution is 5.93. The molecule has 1 aromatic carbocycles. The molecule has 0 bridgehead atoms. The molecule has 1 fully saturated rings. The zero-order chi connectivity index (χ0) is 13.9. The number of anilines is 1. The van der Waals surface area contributed by atoms with Gasteiger partial charge in [-0.05, 0) is 30.5 Å². The van der Waals surface area contributed by atoms with Gasteiger partial charge in [0.15, 0.2) is 0 Å². The highest BCUT2D eigenvalue weighted by Gasteiger charge is 2.30. The van der Waals surface area contributed by atoms with Gasteiger partial charge in [-0.1, -0.05) is 30.3 Å². The number of nitrogen functional groups attached to an aromatic ring is 1. The van der Waals surface area contributed by atoms with Crippen molar-refractivity contribution in [1.29, 1.82) is 0 Å². The van der Waals surface area contributed by atoms with E-state index in [0.29, 0.717) is 11.4 Å². The van der Waals surface area contributed by atoms with Crippen LogP contribution in [0.2, 0.25) is 0 Å². The Bertz CT molecular complexity index is 595. The number of hydrogen-bond donors (Lipinski definition) is 1. The smallest absolute Gasteiger partial charge is 0.272 e. The van der Waals surface area contributed by atoms with E-state index in [1.54, 1.807) is 12.1 Å². The van der Waals surface area contributed by atoms with Gasteiger partial charge in [-0.15, -0.1) is 0 Å². The average molecular weight is 267 g/mol. The molecule has 0 radical (unpaired) electrons. The SMILES string of the molecule is Nc1ccc(C(=O)N2CCCC2c2ccccc2)nc1. The average Bonchev–Trinajstić information content (AvgIpc) is 2.97. The summed E-state index contributed by atoms with van der Waals surface area (Å²) in [5.41, 5.74) is 7.83. The Labute approximate surface area is 118 Å². The predicted molar refractivity (Wildman–Crippen MR) is 78.1 cm³/mol. The first-order chi connectivity index (χ1) is 9.75. The molecular weight excluding hydrogens is 250 g/mol. The minimum atomic E-state index is -0.0173. The predicted octanol–water partition coefficient (Wildman–Crippen LogP) is 2.64. The van der Waals surface area contributed by atoms with Crippen molar-refractivity contribution in [2.24, 2.45) is 0 Å². The fraction of sp³-hybridized carbons (Fsp3) is 0.250. The molecule has 1 aliphatic heterocycles. The summed E-state index contributed by atoms with van der Waals surface area (Å²) in [6.45, 7) is 0.782. The summed E-state index contributed by atoms with van der Waals surface area (Å²) in [4.78, 5) is 18.6. The lowest BCUT2D eigenvalue weighted by Crippen LogP contribution is -2.31. The number of benzene rings is 1. The number of rotatable bonds is 2. The topological polar surface area (TPSA) is 59.2 Å². The maximum atomic E-state index is 12.6. The molecule has 0 spiro atoms. The molecule has 102 valence electrons. The Kier molecular flexibility index (Phi) is 3.37. The van der Waals surface area contributed by atoms with Gasteiger partial charge in [0, 0.05) is 6.54 Å². The Morgan fingerprint density at radius 1 is 1.20 bits per heavy atom. The van der Waals surface area contributed by atoms with Crippen LogP contribution in [0.25, 0.3) is 0 Å². The van der Waals surface area contributed by atoms with Crippen molar-refractivity contribution in [1.82, 2.24) is 9.88 Å². The molecule has 2 N–H and O–H groups in total. The van der Waals surface area contributed by atoms with Crippen molar-refractivity contribution in [3.05, 3.63) is 59.9 Å². The van der Waals surface area contributed by atoms with E-state index in [0.717, 1.165) is 19.4 Å². The third-order valence-electron chi connectivity index (χ3n) is 3.70. The van der Waals surface area contributed by atoms with E-state index in [4.69, 9.17) is 5.73 Å². The Morgan fingerprint density at radius 3 is 2.70 bits per heavy atom. The van der Waals surface area contributed by atoms with E-state index >= 15 is 0 Å². The second kappa shape index (κ2) is 5.33. The molecule has 1 unspecified atom stereocenters. The van der Waals surface area contributed by atoms with Gasteiger partial charge in [-0.2, -0.15) is 0 Å². The Hall–Kier alpha value is -2.36. The number of carbonyl (C=O) groups excluding carboxylic acids is 1. The molecule has 1 amide bonds. The van der Waals surface area contributed by atoms with E-state index in [2.05, 4.69) is 17.1 Å². The lowest BCUT2D eigenvalue weighted by atomic mass is 10.0. The monoisotopic (exact) mass is 267 g/mol. The molecule has 1 atom stereocenters. The van der Waals surface area contributed by atoms with Gasteiger partial charge >= 0.3 is 0 Å². The number of pyridine rings is 1. The van der Waals surface area contributed by atoms with Crippen molar-refractivity contribution < 1.29 is 4.79 Å². The lowest BCUT2D eigenvalue weighted by molar-refractivity contribution is 0.0730. The van der Waals surface area contributed by atoms with Crippen LogP contribution in [0, 0.1) is 0 Å². The van der Waals surface area contributed by atoms with Crippen molar-refractivity contribution in [2.75, 3.05) is 12.3 Å². The number of aromatic nitrogens is 1. The molecule has 1 aliphatic rings. The summed E-state index contributed by atoms with van der Waals surface area (Å²) >= 11 is 0. The highest BCUT2D eigenvalue weighted by Crippen LogP contribution is 2.32. The van der Waals surface area contributed by atoms with E-state index < -0.39 is 0 Å². The van der Waals surface area contributed by atoms with Crippen LogP contribution < -0.4 is 5.73 Å². The van der Waals surface area contributed by atoms with Crippen molar-refractivity contribution in [3.63, 3.8) is 0 Å². The van der Waals surface area contributed by atoms with Crippen LogP contribution in [0.3, 0.4) is 0 Å². The van der Waals surface area contributed by atoms with E-state index in [-0.39, 0.29) is 11.9 Å². The van der Waals surface area contributed by atoms with E-state index in [9.17, 15) is 4.79 Å². The van der Waals surface area contributed by atoms with Crippen LogP contribution in [-0.2, 0) is 0 Å². The highest BCUT2D eigenvalue weighted by atomic mass is 16.2. The number of nitrogens with zero attached hydrogens (tertiary/aromatic N) is 2. The summed E-state index contributed by atoms with van der Waals surface area (Å²) in [6.07, 6.45) is 3.56. The molecule has 4 nitrogen and oxygen atoms in total. The molecule has 0 saturated carbocycles. The normalized spacial score (nSPS) is 18.2. The van der Waals surface area contributed by atoms with Gasteiger partial charge in [0.1, 0.15) is 5.69 Å². The minimum Gasteiger partial charge on any atom is -0.397 e. The molecule has 1 aromatic heterocycles. The zero-order valence-electron chi connectivity index (χ0n) is 11.2. The first-order valence-electron chi connectivity index (χ1n) is 6.83. The Balaban J connectivity index is 1.85. The molecule has 2 aromatic rings. The van der Waals surface area contributed by atoms with Gasteiger partial charge in [0.2, 0.25) is 0 Å². The lowest BCUT2D eigenvalue weighted by Gasteiger charge is -2.24. The van der Waals surface area contributed by atoms with Crippen LogP contribution in [0.1, 0.15) is 34.9 Å². The maximum Gasteiger partial charge on any atom is 0.272 e. The van der Waals surface area contributed by atoms with Crippen molar-refractivity contribution in [3.8, 4) is 0 Å². The molecular formula is C16H17N3O. The Morgan fingerprint density at radius 2 is 2.00 bits per heavy atom. The van der Waals surface area contributed by atoms with Gasteiger partial charge in [0.25, 0.3) is 5.91 Å². The molecule has 1 saturated heterocycles. The summed E-state index contributed by atoms with van der Waals surface area (Å²) in [7, 11) is 0. The minimum absolute atomic E-state index is 0.0173. The van der Waals surface area contributed by atoms with Crippen LogP contribution in [-0.4, -0.2) is 22.3 Å². The quantitative estimate of drug-likeness (QED) is 0.910. The molecule has 4 heteroatoms. The first kappa shape index (κ1) is 12.7. The summed E-state index contributed by atoms with van der Waals surface area (Å²) in [5, 5.41) is 0. The van der Waals surface area contributed by atoms with Crippen molar-refractivity contribution in [2.45, 2.75) is 18.9 Å². The van der Waals surface area contributed by atoms with E-state index in [1.165, 1.54) is 11.8 Å². The van der Waals surface area contributed by atoms with Crippen molar-refractivity contribution >= 4 is 11.6 Å². The van der Waals surface area contributed by atoms with Gasteiger partial charge in [-0.3, -0.25) is 4.79 Å². The fourth-order valence-corrected chi connectivity index (χ4v) is 2.71.